The first-order valence-corrected chi connectivity index (χ1v) is 5.81. The lowest BCUT2D eigenvalue weighted by Gasteiger charge is -2.06. The first kappa shape index (κ1) is 11.5. The first-order valence-electron chi connectivity index (χ1n) is 4.69. The molecule has 0 aliphatic carbocycles. The van der Waals surface area contributed by atoms with Crippen LogP contribution in [0, 0.1) is 12.7 Å². The third-order valence-electron chi connectivity index (χ3n) is 1.94. The average molecular weight is 261 g/mol. The molecule has 0 saturated heterocycles. The number of aryl methyl sites for hydroxylation is 1. The van der Waals surface area contributed by atoms with Crippen molar-refractivity contribution in [2.75, 3.05) is 11.9 Å². The standard InChI is InChI=1S/C11H14BrFO/c1-9-4-5-10(8-11(9)13)14-7-3-2-6-12/h4-5,8H,2-3,6-7H2,1H3. The van der Waals surface area contributed by atoms with Crippen molar-refractivity contribution < 1.29 is 9.13 Å². The Morgan fingerprint density at radius 3 is 2.79 bits per heavy atom. The van der Waals surface area contributed by atoms with Crippen molar-refractivity contribution in [1.82, 2.24) is 0 Å². The normalized spacial score (nSPS) is 10.2. The van der Waals surface area contributed by atoms with E-state index < -0.39 is 0 Å². The van der Waals surface area contributed by atoms with Crippen LogP contribution in [0.4, 0.5) is 4.39 Å². The van der Waals surface area contributed by atoms with Crippen molar-refractivity contribution >= 4 is 15.9 Å². The van der Waals surface area contributed by atoms with Crippen LogP contribution in [0.15, 0.2) is 18.2 Å². The van der Waals surface area contributed by atoms with Crippen molar-refractivity contribution in [2.24, 2.45) is 0 Å². The molecule has 14 heavy (non-hydrogen) atoms. The molecule has 0 aliphatic heterocycles. The third-order valence-corrected chi connectivity index (χ3v) is 2.50. The molecule has 0 spiro atoms. The van der Waals surface area contributed by atoms with Crippen LogP contribution >= 0.6 is 15.9 Å². The highest BCUT2D eigenvalue weighted by molar-refractivity contribution is 9.09. The van der Waals surface area contributed by atoms with Crippen LogP contribution < -0.4 is 4.74 Å². The summed E-state index contributed by atoms with van der Waals surface area (Å²) >= 11 is 3.34. The van der Waals surface area contributed by atoms with Gasteiger partial charge in [-0.3, -0.25) is 0 Å². The Labute approximate surface area is 92.4 Å². The number of hydrogen-bond acceptors (Lipinski definition) is 1. The summed E-state index contributed by atoms with van der Waals surface area (Å²) in [5.74, 6) is 0.408. The van der Waals surface area contributed by atoms with Gasteiger partial charge in [-0.1, -0.05) is 22.0 Å². The SMILES string of the molecule is Cc1ccc(OCCCCBr)cc1F. The Morgan fingerprint density at radius 1 is 1.36 bits per heavy atom. The molecule has 0 N–H and O–H groups in total. The molecule has 0 unspecified atom stereocenters. The molecule has 0 amide bonds. The maximum atomic E-state index is 13.1. The summed E-state index contributed by atoms with van der Waals surface area (Å²) in [5, 5.41) is 0.985. The van der Waals surface area contributed by atoms with Gasteiger partial charge in [0, 0.05) is 11.4 Å². The number of hydrogen-bond donors (Lipinski definition) is 0. The Balaban J connectivity index is 2.39. The van der Waals surface area contributed by atoms with Crippen molar-refractivity contribution in [2.45, 2.75) is 19.8 Å². The molecular weight excluding hydrogens is 247 g/mol. The van der Waals surface area contributed by atoms with Crippen LogP contribution in [0.5, 0.6) is 5.75 Å². The molecule has 1 rings (SSSR count). The number of benzene rings is 1. The van der Waals surface area contributed by atoms with Crippen molar-refractivity contribution in [3.63, 3.8) is 0 Å². The van der Waals surface area contributed by atoms with Crippen LogP contribution in [0.1, 0.15) is 18.4 Å². The fourth-order valence-electron chi connectivity index (χ4n) is 1.05. The predicted octanol–water partition coefficient (Wildman–Crippen LogP) is 3.69. The van der Waals surface area contributed by atoms with E-state index in [0.29, 0.717) is 17.9 Å². The van der Waals surface area contributed by atoms with Gasteiger partial charge >= 0.3 is 0 Å². The number of alkyl halides is 1. The van der Waals surface area contributed by atoms with E-state index in [1.807, 2.05) is 0 Å². The molecule has 0 heterocycles. The molecule has 78 valence electrons. The highest BCUT2D eigenvalue weighted by atomic mass is 79.9. The summed E-state index contributed by atoms with van der Waals surface area (Å²) in [4.78, 5) is 0. The largest absolute Gasteiger partial charge is 0.493 e. The molecule has 0 aliphatic rings. The highest BCUT2D eigenvalue weighted by Gasteiger charge is 1.99. The van der Waals surface area contributed by atoms with Crippen LogP contribution in [-0.4, -0.2) is 11.9 Å². The smallest absolute Gasteiger partial charge is 0.129 e. The summed E-state index contributed by atoms with van der Waals surface area (Å²) in [5.41, 5.74) is 0.651. The van der Waals surface area contributed by atoms with Crippen molar-refractivity contribution in [3.8, 4) is 5.75 Å². The number of ether oxygens (including phenoxy) is 1. The maximum absolute atomic E-state index is 13.1. The third kappa shape index (κ3) is 3.66. The fraction of sp³-hybridized carbons (Fsp3) is 0.455. The predicted molar refractivity (Wildman–Crippen MR) is 59.7 cm³/mol. The molecule has 0 bridgehead atoms. The Bertz CT molecular complexity index is 289. The van der Waals surface area contributed by atoms with Gasteiger partial charge in [0.15, 0.2) is 0 Å². The minimum atomic E-state index is -0.206. The van der Waals surface area contributed by atoms with Gasteiger partial charge in [0.05, 0.1) is 6.61 Å². The molecule has 1 nitrogen and oxygen atoms in total. The molecular formula is C11H14BrFO. The molecule has 1 aromatic rings. The van der Waals surface area contributed by atoms with Gasteiger partial charge in [-0.2, -0.15) is 0 Å². The van der Waals surface area contributed by atoms with Crippen molar-refractivity contribution in [3.05, 3.63) is 29.6 Å². The monoisotopic (exact) mass is 260 g/mol. The van der Waals surface area contributed by atoms with E-state index in [9.17, 15) is 4.39 Å². The second-order valence-corrected chi connectivity index (χ2v) is 3.95. The van der Waals surface area contributed by atoms with E-state index in [-0.39, 0.29) is 5.82 Å². The Hall–Kier alpha value is -0.570. The molecule has 1 aromatic carbocycles. The molecule has 0 saturated carbocycles. The number of halogens is 2. The number of unbranched alkanes of at least 4 members (excludes halogenated alkanes) is 1. The van der Waals surface area contributed by atoms with Gasteiger partial charge in [-0.25, -0.2) is 4.39 Å². The lowest BCUT2D eigenvalue weighted by molar-refractivity contribution is 0.308. The van der Waals surface area contributed by atoms with E-state index >= 15 is 0 Å². The van der Waals surface area contributed by atoms with E-state index in [0.717, 1.165) is 18.2 Å². The van der Waals surface area contributed by atoms with E-state index in [2.05, 4.69) is 15.9 Å². The fourth-order valence-corrected chi connectivity index (χ4v) is 1.45. The molecule has 0 fully saturated rings. The summed E-state index contributed by atoms with van der Waals surface area (Å²) in [6.07, 6.45) is 2.06. The van der Waals surface area contributed by atoms with Crippen LogP contribution in [0.2, 0.25) is 0 Å². The Morgan fingerprint density at radius 2 is 2.14 bits per heavy atom. The highest BCUT2D eigenvalue weighted by Crippen LogP contribution is 2.16. The second kappa shape index (κ2) is 6.02. The van der Waals surface area contributed by atoms with Gasteiger partial charge in [0.2, 0.25) is 0 Å². The van der Waals surface area contributed by atoms with Gasteiger partial charge in [0.25, 0.3) is 0 Å². The number of rotatable bonds is 5. The van der Waals surface area contributed by atoms with E-state index in [1.54, 1.807) is 19.1 Å². The maximum Gasteiger partial charge on any atom is 0.129 e. The van der Waals surface area contributed by atoms with Gasteiger partial charge in [-0.05, 0) is 31.4 Å². The topological polar surface area (TPSA) is 9.23 Å². The summed E-state index contributed by atoms with van der Waals surface area (Å²) in [7, 11) is 0. The quantitative estimate of drug-likeness (QED) is 0.580. The second-order valence-electron chi connectivity index (χ2n) is 3.16. The summed E-state index contributed by atoms with van der Waals surface area (Å²) in [6.45, 7) is 2.39. The van der Waals surface area contributed by atoms with Gasteiger partial charge < -0.3 is 4.74 Å². The van der Waals surface area contributed by atoms with Gasteiger partial charge in [-0.15, -0.1) is 0 Å². The Kier molecular flexibility index (Phi) is 4.94. The molecule has 0 radical (unpaired) electrons. The van der Waals surface area contributed by atoms with Crippen LogP contribution in [-0.2, 0) is 0 Å². The lowest BCUT2D eigenvalue weighted by atomic mass is 10.2. The van der Waals surface area contributed by atoms with Gasteiger partial charge in [0.1, 0.15) is 11.6 Å². The first-order chi connectivity index (χ1) is 6.74. The zero-order chi connectivity index (χ0) is 10.4. The minimum absolute atomic E-state index is 0.206. The lowest BCUT2D eigenvalue weighted by Crippen LogP contribution is -1.98. The van der Waals surface area contributed by atoms with Crippen molar-refractivity contribution in [1.29, 1.82) is 0 Å². The summed E-state index contributed by atoms with van der Waals surface area (Å²) < 4.78 is 18.5. The average Bonchev–Trinajstić information content (AvgIpc) is 2.18. The summed E-state index contributed by atoms with van der Waals surface area (Å²) in [6, 6.07) is 4.96. The minimum Gasteiger partial charge on any atom is -0.493 e. The molecule has 0 aromatic heterocycles. The van der Waals surface area contributed by atoms with E-state index in [4.69, 9.17) is 4.74 Å². The zero-order valence-electron chi connectivity index (χ0n) is 8.22. The van der Waals surface area contributed by atoms with E-state index in [1.165, 1.54) is 6.07 Å². The zero-order valence-corrected chi connectivity index (χ0v) is 9.81. The van der Waals surface area contributed by atoms with Crippen LogP contribution in [0.25, 0.3) is 0 Å². The molecule has 3 heteroatoms. The van der Waals surface area contributed by atoms with Crippen LogP contribution in [0.3, 0.4) is 0 Å². The molecule has 0 atom stereocenters.